The zero-order chi connectivity index (χ0) is 15.1. The van der Waals surface area contributed by atoms with Crippen molar-refractivity contribution in [2.45, 2.75) is 6.42 Å². The summed E-state index contributed by atoms with van der Waals surface area (Å²) in [5.74, 6) is 1.32. The van der Waals surface area contributed by atoms with Gasteiger partial charge in [-0.05, 0) is 37.9 Å². The molecule has 2 unspecified atom stereocenters. The highest BCUT2D eigenvalue weighted by molar-refractivity contribution is 5.96. The second kappa shape index (κ2) is 5.28. The van der Waals surface area contributed by atoms with Crippen LogP contribution in [0, 0.1) is 11.8 Å². The molecule has 4 heterocycles. The van der Waals surface area contributed by atoms with Gasteiger partial charge < -0.3 is 9.80 Å². The molecule has 0 aromatic carbocycles. The molecule has 6 heteroatoms. The van der Waals surface area contributed by atoms with Crippen molar-refractivity contribution in [3.8, 4) is 0 Å². The molecule has 4 rings (SSSR count). The predicted octanol–water partition coefficient (Wildman–Crippen LogP) is 1.05. The van der Waals surface area contributed by atoms with E-state index >= 15 is 0 Å². The molecule has 0 saturated carbocycles. The topological polar surface area (TPSA) is 62.2 Å². The summed E-state index contributed by atoms with van der Waals surface area (Å²) < 4.78 is 0. The Hall–Kier alpha value is -2.08. The molecule has 2 aromatic rings. The number of hydrogen-bond donors (Lipinski definition) is 0. The van der Waals surface area contributed by atoms with Gasteiger partial charge in [0.25, 0.3) is 5.91 Å². The van der Waals surface area contributed by atoms with Crippen LogP contribution in [0.15, 0.2) is 24.7 Å². The molecule has 2 saturated heterocycles. The number of amides is 1. The monoisotopic (exact) mass is 297 g/mol. The van der Waals surface area contributed by atoms with Crippen LogP contribution in [0.1, 0.15) is 16.8 Å². The lowest BCUT2D eigenvalue weighted by atomic mass is 9.89. The van der Waals surface area contributed by atoms with Crippen molar-refractivity contribution in [2.24, 2.45) is 11.8 Å². The Morgan fingerprint density at radius 2 is 1.95 bits per heavy atom. The summed E-state index contributed by atoms with van der Waals surface area (Å²) in [6.07, 6.45) is 6.04. The SMILES string of the molecule is CN1CCC2CN(C(=O)c3cnc4nccnc4c3)CC2C1. The van der Waals surface area contributed by atoms with Gasteiger partial charge in [-0.2, -0.15) is 0 Å². The van der Waals surface area contributed by atoms with E-state index in [1.165, 1.54) is 6.42 Å². The van der Waals surface area contributed by atoms with Crippen molar-refractivity contribution < 1.29 is 4.79 Å². The number of hydrogen-bond acceptors (Lipinski definition) is 5. The van der Waals surface area contributed by atoms with Crippen LogP contribution in [0.3, 0.4) is 0 Å². The molecule has 2 aliphatic heterocycles. The molecule has 2 aliphatic rings. The average Bonchev–Trinajstić information content (AvgIpc) is 2.96. The van der Waals surface area contributed by atoms with E-state index in [1.54, 1.807) is 24.7 Å². The van der Waals surface area contributed by atoms with Crippen LogP contribution in [0.25, 0.3) is 11.2 Å². The molecule has 1 amide bonds. The fourth-order valence-corrected chi connectivity index (χ4v) is 3.67. The molecule has 114 valence electrons. The number of rotatable bonds is 1. The summed E-state index contributed by atoms with van der Waals surface area (Å²) in [5.41, 5.74) is 1.86. The van der Waals surface area contributed by atoms with Crippen LogP contribution in [-0.4, -0.2) is 63.9 Å². The fourth-order valence-electron chi connectivity index (χ4n) is 3.67. The van der Waals surface area contributed by atoms with Gasteiger partial charge in [0, 0.05) is 38.2 Å². The number of piperidine rings is 1. The molecule has 2 atom stereocenters. The van der Waals surface area contributed by atoms with Gasteiger partial charge in [0.05, 0.1) is 5.56 Å². The molecular weight excluding hydrogens is 278 g/mol. The molecule has 2 fully saturated rings. The number of likely N-dealkylation sites (tertiary alicyclic amines) is 2. The zero-order valence-corrected chi connectivity index (χ0v) is 12.6. The third-order valence-electron chi connectivity index (χ3n) is 4.86. The minimum atomic E-state index is 0.0668. The van der Waals surface area contributed by atoms with Crippen LogP contribution < -0.4 is 0 Å². The number of carbonyl (C=O) groups is 1. The van der Waals surface area contributed by atoms with E-state index in [9.17, 15) is 4.79 Å². The van der Waals surface area contributed by atoms with Gasteiger partial charge in [-0.1, -0.05) is 0 Å². The summed E-state index contributed by atoms with van der Waals surface area (Å²) in [5, 5.41) is 0. The van der Waals surface area contributed by atoms with Crippen LogP contribution in [0.5, 0.6) is 0 Å². The maximum absolute atomic E-state index is 12.7. The summed E-state index contributed by atoms with van der Waals surface area (Å²) >= 11 is 0. The van der Waals surface area contributed by atoms with Crippen molar-refractivity contribution >= 4 is 17.1 Å². The highest BCUT2D eigenvalue weighted by Gasteiger charge is 2.38. The van der Waals surface area contributed by atoms with Crippen LogP contribution in [0.4, 0.5) is 0 Å². The van der Waals surface area contributed by atoms with E-state index in [2.05, 4.69) is 26.9 Å². The van der Waals surface area contributed by atoms with Crippen molar-refractivity contribution in [3.05, 3.63) is 30.2 Å². The number of carbonyl (C=O) groups excluding carboxylic acids is 1. The first-order valence-electron chi connectivity index (χ1n) is 7.75. The van der Waals surface area contributed by atoms with Gasteiger partial charge in [-0.3, -0.25) is 9.78 Å². The Bertz CT molecular complexity index is 719. The first-order valence-corrected chi connectivity index (χ1v) is 7.75. The molecule has 6 nitrogen and oxygen atoms in total. The lowest BCUT2D eigenvalue weighted by Gasteiger charge is -2.31. The van der Waals surface area contributed by atoms with Crippen molar-refractivity contribution in [1.82, 2.24) is 24.8 Å². The maximum atomic E-state index is 12.7. The normalized spacial score (nSPS) is 25.4. The van der Waals surface area contributed by atoms with E-state index in [0.717, 1.165) is 26.2 Å². The third-order valence-corrected chi connectivity index (χ3v) is 4.86. The van der Waals surface area contributed by atoms with Gasteiger partial charge in [0.15, 0.2) is 5.65 Å². The average molecular weight is 297 g/mol. The quantitative estimate of drug-likeness (QED) is 0.787. The van der Waals surface area contributed by atoms with Gasteiger partial charge >= 0.3 is 0 Å². The lowest BCUT2D eigenvalue weighted by Crippen LogP contribution is -2.37. The van der Waals surface area contributed by atoms with Gasteiger partial charge in [0.1, 0.15) is 5.52 Å². The van der Waals surface area contributed by atoms with Gasteiger partial charge in [-0.25, -0.2) is 9.97 Å². The molecule has 2 aromatic heterocycles. The minimum Gasteiger partial charge on any atom is -0.338 e. The highest BCUT2D eigenvalue weighted by atomic mass is 16.2. The number of nitrogens with zero attached hydrogens (tertiary/aromatic N) is 5. The Kier molecular flexibility index (Phi) is 3.26. The molecule has 0 radical (unpaired) electrons. The fraction of sp³-hybridized carbons (Fsp3) is 0.500. The second-order valence-corrected chi connectivity index (χ2v) is 6.40. The summed E-state index contributed by atoms with van der Waals surface area (Å²) in [7, 11) is 2.16. The van der Waals surface area contributed by atoms with E-state index in [1.807, 2.05) is 4.90 Å². The highest BCUT2D eigenvalue weighted by Crippen LogP contribution is 2.31. The Balaban J connectivity index is 1.56. The molecule has 0 spiro atoms. The zero-order valence-electron chi connectivity index (χ0n) is 12.6. The second-order valence-electron chi connectivity index (χ2n) is 6.40. The smallest absolute Gasteiger partial charge is 0.255 e. The van der Waals surface area contributed by atoms with Crippen LogP contribution in [-0.2, 0) is 0 Å². The molecule has 0 N–H and O–H groups in total. The Morgan fingerprint density at radius 1 is 1.14 bits per heavy atom. The van der Waals surface area contributed by atoms with Crippen molar-refractivity contribution in [3.63, 3.8) is 0 Å². The van der Waals surface area contributed by atoms with Gasteiger partial charge in [-0.15, -0.1) is 0 Å². The summed E-state index contributed by atoms with van der Waals surface area (Å²) in [6.45, 7) is 3.95. The number of aromatic nitrogens is 3. The van der Waals surface area contributed by atoms with Crippen molar-refractivity contribution in [1.29, 1.82) is 0 Å². The molecule has 0 aliphatic carbocycles. The molecular formula is C16H19N5O. The Morgan fingerprint density at radius 3 is 2.86 bits per heavy atom. The summed E-state index contributed by atoms with van der Waals surface area (Å²) in [6, 6.07) is 1.80. The standard InChI is InChI=1S/C16H19N5O/c1-20-5-2-11-9-21(10-13(11)8-20)16(22)12-6-14-15(19-7-12)18-4-3-17-14/h3-4,6-7,11,13H,2,5,8-10H2,1H3. The van der Waals surface area contributed by atoms with Crippen LogP contribution >= 0.6 is 0 Å². The first-order chi connectivity index (χ1) is 10.7. The minimum absolute atomic E-state index is 0.0668. The molecule has 0 bridgehead atoms. The van der Waals surface area contributed by atoms with E-state index in [-0.39, 0.29) is 5.91 Å². The van der Waals surface area contributed by atoms with Crippen LogP contribution in [0.2, 0.25) is 0 Å². The van der Waals surface area contributed by atoms with Gasteiger partial charge in [0.2, 0.25) is 0 Å². The van der Waals surface area contributed by atoms with E-state index in [0.29, 0.717) is 28.6 Å². The third kappa shape index (κ3) is 2.33. The molecule has 22 heavy (non-hydrogen) atoms. The number of pyridine rings is 1. The maximum Gasteiger partial charge on any atom is 0.255 e. The van der Waals surface area contributed by atoms with E-state index in [4.69, 9.17) is 0 Å². The first kappa shape index (κ1) is 13.6. The Labute approximate surface area is 129 Å². The largest absolute Gasteiger partial charge is 0.338 e. The van der Waals surface area contributed by atoms with Crippen molar-refractivity contribution in [2.75, 3.05) is 33.2 Å². The predicted molar refractivity (Wildman–Crippen MR) is 82.3 cm³/mol. The number of fused-ring (bicyclic) bond motifs is 2. The summed E-state index contributed by atoms with van der Waals surface area (Å²) in [4.78, 5) is 29.7. The lowest BCUT2D eigenvalue weighted by molar-refractivity contribution is 0.0784. The van der Waals surface area contributed by atoms with E-state index < -0.39 is 0 Å².